The first-order chi connectivity index (χ1) is 6.64. The number of nitrogens with zero attached hydrogens (tertiary/aromatic N) is 2. The Kier molecular flexibility index (Phi) is 3.90. The van der Waals surface area contributed by atoms with Crippen molar-refractivity contribution in [2.75, 3.05) is 6.61 Å². The van der Waals surface area contributed by atoms with Gasteiger partial charge in [0.1, 0.15) is 6.33 Å². The fraction of sp³-hybridized carbons (Fsp3) is 0.571. The third-order valence-electron chi connectivity index (χ3n) is 1.38. The van der Waals surface area contributed by atoms with Gasteiger partial charge in [-0.25, -0.2) is 9.17 Å². The van der Waals surface area contributed by atoms with Crippen LogP contribution >= 0.6 is 0 Å². The molecule has 80 valence electrons. The lowest BCUT2D eigenvalue weighted by Crippen LogP contribution is -2.21. The molecule has 0 radical (unpaired) electrons. The Labute approximate surface area is 84.2 Å². The van der Waals surface area contributed by atoms with E-state index in [-0.39, 0.29) is 8.03 Å². The van der Waals surface area contributed by atoms with Crippen LogP contribution in [0.15, 0.2) is 18.7 Å². The van der Waals surface area contributed by atoms with Crippen molar-refractivity contribution in [3.05, 3.63) is 18.7 Å². The van der Waals surface area contributed by atoms with Gasteiger partial charge in [0.15, 0.2) is 0 Å². The normalized spacial score (nSPS) is 11.5. The van der Waals surface area contributed by atoms with Gasteiger partial charge in [-0.05, 0) is 6.42 Å². The largest absolute Gasteiger partial charge is 1.00 e. The Bertz CT molecular complexity index is 351. The molecule has 1 heterocycles. The summed E-state index contributed by atoms with van der Waals surface area (Å²) < 4.78 is 32.2. The molecule has 7 heteroatoms. The summed E-state index contributed by atoms with van der Waals surface area (Å²) in [5.41, 5.74) is 0. The molecule has 0 spiro atoms. The molecule has 6 nitrogen and oxygen atoms in total. The van der Waals surface area contributed by atoms with Gasteiger partial charge in [-0.1, -0.05) is 13.3 Å². The second-order valence-electron chi connectivity index (χ2n) is 2.58. The van der Waals surface area contributed by atoms with Crippen LogP contribution in [0.5, 0.6) is 0 Å². The van der Waals surface area contributed by atoms with E-state index >= 15 is 0 Å². The lowest BCUT2D eigenvalue weighted by atomic mass is 10.4. The highest BCUT2D eigenvalue weighted by molar-refractivity contribution is 7.82. The molecule has 0 bridgehead atoms. The molecule has 0 fully saturated rings. The van der Waals surface area contributed by atoms with Gasteiger partial charge in [0, 0.05) is 6.20 Å². The van der Waals surface area contributed by atoms with Crippen molar-refractivity contribution in [2.45, 2.75) is 19.8 Å². The molecule has 0 amide bonds. The first-order valence-electron chi connectivity index (χ1n) is 4.21. The molecule has 0 N–H and O–H groups in total. The highest BCUT2D eigenvalue weighted by Crippen LogP contribution is 1.96. The summed E-state index contributed by atoms with van der Waals surface area (Å²) in [7, 11) is -3.95. The summed E-state index contributed by atoms with van der Waals surface area (Å²) in [6.07, 6.45) is 5.52. The molecule has 0 aliphatic carbocycles. The average molecular weight is 221 g/mol. The zero-order valence-electron chi connectivity index (χ0n) is 8.79. The summed E-state index contributed by atoms with van der Waals surface area (Å²) in [4.78, 5) is 3.62. The zero-order valence-corrected chi connectivity index (χ0v) is 8.61. The molecule has 0 aromatic carbocycles. The Morgan fingerprint density at radius 3 is 2.93 bits per heavy atom. The summed E-state index contributed by atoms with van der Waals surface area (Å²) in [5.74, 6) is 0. The quantitative estimate of drug-likeness (QED) is 0.654. The molecule has 0 saturated carbocycles. The fourth-order valence-electron chi connectivity index (χ4n) is 0.723. The number of rotatable bonds is 6. The summed E-state index contributed by atoms with van der Waals surface area (Å²) >= 11 is 0. The minimum atomic E-state index is -3.95. The minimum absolute atomic E-state index is 0. The van der Waals surface area contributed by atoms with E-state index in [4.69, 9.17) is 0 Å². The standard InChI is InChI=1S/C7H12N2O4S/c1-2-3-6-12-14(10,11)13-9-5-4-8-7-9/h4-5,7H,2-3,6H2,1H3/p+1. The van der Waals surface area contributed by atoms with Crippen molar-refractivity contribution < 1.29 is 18.3 Å². The van der Waals surface area contributed by atoms with E-state index in [1.807, 2.05) is 6.92 Å². The van der Waals surface area contributed by atoms with E-state index in [0.717, 1.165) is 11.2 Å². The van der Waals surface area contributed by atoms with E-state index in [9.17, 15) is 8.42 Å². The molecule has 0 aliphatic heterocycles. The van der Waals surface area contributed by atoms with Crippen LogP contribution < -0.4 is 4.28 Å². The number of imidazole rings is 1. The summed E-state index contributed by atoms with van der Waals surface area (Å²) in [6.45, 7) is 2.07. The van der Waals surface area contributed by atoms with Crippen molar-refractivity contribution in [3.8, 4) is 0 Å². The molecule has 1 aromatic heterocycles. The van der Waals surface area contributed by atoms with Crippen LogP contribution in [0.4, 0.5) is 0 Å². The van der Waals surface area contributed by atoms with Crippen molar-refractivity contribution in [1.82, 2.24) is 9.71 Å². The van der Waals surface area contributed by atoms with Gasteiger partial charge in [-0.2, -0.15) is 13.1 Å². The maximum atomic E-state index is 11.1. The maximum Gasteiger partial charge on any atom is 1.00 e. The van der Waals surface area contributed by atoms with E-state index in [1.54, 1.807) is 0 Å². The van der Waals surface area contributed by atoms with Crippen molar-refractivity contribution >= 4 is 10.4 Å². The SMILES string of the molecule is CCCCOS(=O)(=O)On1ccnc1.[H+]. The third kappa shape index (κ3) is 3.75. The van der Waals surface area contributed by atoms with E-state index in [0.29, 0.717) is 6.42 Å². The molecule has 0 saturated heterocycles. The maximum absolute atomic E-state index is 11.1. The van der Waals surface area contributed by atoms with Crippen LogP contribution in [-0.4, -0.2) is 24.7 Å². The van der Waals surface area contributed by atoms with Crippen molar-refractivity contribution in [2.24, 2.45) is 0 Å². The molecule has 1 rings (SSSR count). The lowest BCUT2D eigenvalue weighted by molar-refractivity contribution is 0.195. The van der Waals surface area contributed by atoms with Gasteiger partial charge >= 0.3 is 11.8 Å². The second kappa shape index (κ2) is 4.97. The Balaban J connectivity index is 0.00000196. The molecule has 0 atom stereocenters. The molecule has 0 aliphatic rings. The van der Waals surface area contributed by atoms with E-state index < -0.39 is 10.4 Å². The van der Waals surface area contributed by atoms with Gasteiger partial charge in [0.25, 0.3) is 0 Å². The number of hydrogen-bond donors (Lipinski definition) is 0. The van der Waals surface area contributed by atoms with Crippen LogP contribution in [0.2, 0.25) is 0 Å². The van der Waals surface area contributed by atoms with Crippen LogP contribution in [0.3, 0.4) is 0 Å². The van der Waals surface area contributed by atoms with Crippen molar-refractivity contribution in [1.29, 1.82) is 0 Å². The van der Waals surface area contributed by atoms with Crippen molar-refractivity contribution in [3.63, 3.8) is 0 Å². The van der Waals surface area contributed by atoms with Gasteiger partial charge in [0.2, 0.25) is 0 Å². The number of unbranched alkanes of at least 4 members (excludes halogenated alkanes) is 1. The zero-order chi connectivity index (χ0) is 10.4. The summed E-state index contributed by atoms with van der Waals surface area (Å²) in [5, 5.41) is 0. The van der Waals surface area contributed by atoms with Crippen LogP contribution in [0.1, 0.15) is 21.2 Å². The number of aromatic nitrogens is 2. The smallest absolute Gasteiger partial charge is 0.265 e. The highest BCUT2D eigenvalue weighted by Gasteiger charge is 2.12. The molecular weight excluding hydrogens is 208 g/mol. The first-order valence-corrected chi connectivity index (χ1v) is 5.54. The molecule has 1 aromatic rings. The topological polar surface area (TPSA) is 70.4 Å². The monoisotopic (exact) mass is 221 g/mol. The first kappa shape index (κ1) is 11.0. The minimum Gasteiger partial charge on any atom is -0.265 e. The fourth-order valence-corrected chi connectivity index (χ4v) is 1.39. The van der Waals surface area contributed by atoms with E-state index in [2.05, 4.69) is 13.5 Å². The highest BCUT2D eigenvalue weighted by atomic mass is 32.3. The Hall–Kier alpha value is -1.08. The van der Waals surface area contributed by atoms with Crippen LogP contribution in [-0.2, 0) is 14.6 Å². The Morgan fingerprint density at radius 2 is 2.36 bits per heavy atom. The molecule has 0 unspecified atom stereocenters. The lowest BCUT2D eigenvalue weighted by Gasteiger charge is -2.05. The second-order valence-corrected chi connectivity index (χ2v) is 3.78. The predicted octanol–water partition coefficient (Wildman–Crippen LogP) is 0.486. The van der Waals surface area contributed by atoms with Crippen LogP contribution in [0, 0.1) is 0 Å². The Morgan fingerprint density at radius 1 is 1.57 bits per heavy atom. The predicted molar refractivity (Wildman–Crippen MR) is 49.7 cm³/mol. The van der Waals surface area contributed by atoms with Gasteiger partial charge < -0.3 is 0 Å². The van der Waals surface area contributed by atoms with Gasteiger partial charge in [-0.15, -0.1) is 0 Å². The third-order valence-corrected chi connectivity index (χ3v) is 2.19. The van der Waals surface area contributed by atoms with E-state index in [1.165, 1.54) is 18.7 Å². The van der Waals surface area contributed by atoms with Gasteiger partial charge in [0.05, 0.1) is 12.8 Å². The molecular formula is C7H13N2O4S+. The van der Waals surface area contributed by atoms with Gasteiger partial charge in [-0.3, -0.25) is 4.28 Å². The average Bonchev–Trinajstić information content (AvgIpc) is 2.56. The summed E-state index contributed by atoms with van der Waals surface area (Å²) in [6, 6.07) is 0. The van der Waals surface area contributed by atoms with Crippen LogP contribution in [0.25, 0.3) is 0 Å². The number of hydrogen-bond acceptors (Lipinski definition) is 5. The molecule has 14 heavy (non-hydrogen) atoms.